The Bertz CT molecular complexity index is 921. The van der Waals surface area contributed by atoms with Crippen molar-refractivity contribution in [2.45, 2.75) is 134 Å². The molecule has 1 saturated carbocycles. The smallest absolute Gasteiger partial charge is 0.329 e. The largest absolute Gasteiger partial charge is 0.461 e. The number of ether oxygens (including phenoxy) is 2. The number of amides is 1. The lowest BCUT2D eigenvalue weighted by Gasteiger charge is -2.40. The third-order valence-corrected chi connectivity index (χ3v) is 9.17. The Hall–Kier alpha value is -2.00. The second-order valence-electron chi connectivity index (χ2n) is 12.5. The van der Waals surface area contributed by atoms with Crippen molar-refractivity contribution in [3.63, 3.8) is 0 Å². The van der Waals surface area contributed by atoms with E-state index >= 15 is 0 Å². The van der Waals surface area contributed by atoms with Gasteiger partial charge in [-0.15, -0.1) is 0 Å². The Morgan fingerprint density at radius 2 is 1.83 bits per heavy atom. The van der Waals surface area contributed by atoms with Crippen molar-refractivity contribution in [2.24, 2.45) is 11.8 Å². The van der Waals surface area contributed by atoms with Crippen LogP contribution in [0.3, 0.4) is 0 Å². The van der Waals surface area contributed by atoms with Crippen molar-refractivity contribution in [2.75, 3.05) is 13.2 Å². The van der Waals surface area contributed by atoms with Gasteiger partial charge in [0.05, 0.1) is 25.2 Å². The molecular formula is C33H53NO7. The van der Waals surface area contributed by atoms with E-state index in [0.29, 0.717) is 31.9 Å². The molecule has 1 aliphatic carbocycles. The quantitative estimate of drug-likeness (QED) is 0.222. The van der Waals surface area contributed by atoms with Crippen LogP contribution in [0.25, 0.3) is 0 Å². The van der Waals surface area contributed by atoms with Gasteiger partial charge < -0.3 is 29.7 Å². The van der Waals surface area contributed by atoms with Crippen LogP contribution < -0.4 is 0 Å². The maximum absolute atomic E-state index is 13.5. The number of aliphatic hydroxyl groups excluding tert-OH is 2. The van der Waals surface area contributed by atoms with Crippen molar-refractivity contribution in [1.82, 2.24) is 4.90 Å². The van der Waals surface area contributed by atoms with Crippen LogP contribution in [0.4, 0.5) is 0 Å². The minimum absolute atomic E-state index is 0.145. The van der Waals surface area contributed by atoms with E-state index in [9.17, 15) is 24.9 Å². The highest BCUT2D eigenvalue weighted by atomic mass is 16.6. The number of rotatable bonds is 12. The van der Waals surface area contributed by atoms with Crippen LogP contribution in [-0.4, -0.2) is 75.4 Å². The van der Waals surface area contributed by atoms with Gasteiger partial charge >= 0.3 is 5.97 Å². The molecule has 0 aromatic rings. The van der Waals surface area contributed by atoms with Gasteiger partial charge in [-0.3, -0.25) is 4.79 Å². The average Bonchev–Trinajstić information content (AvgIpc) is 2.95. The van der Waals surface area contributed by atoms with E-state index in [4.69, 9.17) is 9.47 Å². The average molecular weight is 576 g/mol. The zero-order valence-corrected chi connectivity index (χ0v) is 25.4. The van der Waals surface area contributed by atoms with E-state index in [1.54, 1.807) is 11.8 Å². The van der Waals surface area contributed by atoms with Crippen LogP contribution in [-0.2, 0) is 19.1 Å². The van der Waals surface area contributed by atoms with E-state index in [-0.39, 0.29) is 36.4 Å². The Labute approximate surface area is 246 Å². The molecule has 3 rings (SSSR count). The lowest BCUT2D eigenvalue weighted by Crippen LogP contribution is -2.53. The topological polar surface area (TPSA) is 117 Å². The van der Waals surface area contributed by atoms with E-state index in [0.717, 1.165) is 69.8 Å². The third-order valence-electron chi connectivity index (χ3n) is 9.17. The first-order chi connectivity index (χ1) is 19.6. The summed E-state index contributed by atoms with van der Waals surface area (Å²) in [6, 6.07) is -0.650. The summed E-state index contributed by atoms with van der Waals surface area (Å²) < 4.78 is 11.7. The minimum Gasteiger partial charge on any atom is -0.461 e. The summed E-state index contributed by atoms with van der Waals surface area (Å²) in [6.07, 6.45) is 18.2. The normalized spacial score (nSPS) is 31.4. The predicted octanol–water partition coefficient (Wildman–Crippen LogP) is 4.97. The third kappa shape index (κ3) is 10.7. The van der Waals surface area contributed by atoms with Crippen molar-refractivity contribution in [3.8, 4) is 0 Å². The van der Waals surface area contributed by atoms with Gasteiger partial charge in [0.25, 0.3) is 0 Å². The molecule has 0 radical (unpaired) electrons. The van der Waals surface area contributed by atoms with Gasteiger partial charge in [-0.25, -0.2) is 4.79 Å². The molecule has 5 atom stereocenters. The summed E-state index contributed by atoms with van der Waals surface area (Å²) >= 11 is 0. The van der Waals surface area contributed by atoms with E-state index < -0.39 is 17.9 Å². The summed E-state index contributed by atoms with van der Waals surface area (Å²) in [6.45, 7) is 6.41. The summed E-state index contributed by atoms with van der Waals surface area (Å²) in [5, 5.41) is 30.5. The fourth-order valence-electron chi connectivity index (χ4n) is 6.07. The van der Waals surface area contributed by atoms with Crippen LogP contribution in [0.5, 0.6) is 0 Å². The number of esters is 1. The molecular weight excluding hydrogens is 522 g/mol. The molecule has 2 aliphatic heterocycles. The van der Waals surface area contributed by atoms with Gasteiger partial charge in [-0.05, 0) is 96.0 Å². The number of hydrogen-bond acceptors (Lipinski definition) is 7. The molecule has 0 aromatic heterocycles. The Kier molecular flexibility index (Phi) is 13.6. The van der Waals surface area contributed by atoms with E-state index in [2.05, 4.69) is 0 Å². The molecule has 2 saturated heterocycles. The molecule has 0 bridgehead atoms. The highest BCUT2D eigenvalue weighted by molar-refractivity contribution is 5.85. The Balaban J connectivity index is 1.63. The highest BCUT2D eigenvalue weighted by Gasteiger charge is 2.43. The Morgan fingerprint density at radius 1 is 1.07 bits per heavy atom. The zero-order valence-electron chi connectivity index (χ0n) is 25.4. The molecule has 0 spiro atoms. The first kappa shape index (κ1) is 33.5. The molecule has 8 heteroatoms. The Morgan fingerprint density at radius 3 is 2.54 bits per heavy atom. The standard InChI is InChI=1S/C33H53NO7/c1-24(26(3)35)11-6-4-5-7-13-29(20-17-27-15-18-28(36)19-16-27)41-32(38)30-14-8-9-21-34(30)31(37)23-33(39)25(2)12-10-22-40-33/h4-7,11,25-30,35-36,39H,8-10,12-23H2,1-3H3/b6-4+,7-5+,24-11+/t25?,26-,27?,28?,29?,30?,33?/m0/s1. The number of carbonyl (C=O) groups is 2. The zero-order chi connectivity index (χ0) is 29.8. The van der Waals surface area contributed by atoms with Gasteiger partial charge in [-0.2, -0.15) is 0 Å². The second-order valence-corrected chi connectivity index (χ2v) is 12.5. The fraction of sp³-hybridized carbons (Fsp3) is 0.758. The fourth-order valence-corrected chi connectivity index (χ4v) is 6.07. The number of carbonyl (C=O) groups excluding carboxylic acids is 2. The maximum Gasteiger partial charge on any atom is 0.329 e. The van der Waals surface area contributed by atoms with Gasteiger partial charge in [0.15, 0.2) is 5.79 Å². The van der Waals surface area contributed by atoms with Crippen molar-refractivity contribution in [3.05, 3.63) is 36.0 Å². The highest BCUT2D eigenvalue weighted by Crippen LogP contribution is 2.33. The molecule has 232 valence electrons. The van der Waals surface area contributed by atoms with Crippen molar-refractivity contribution in [1.29, 1.82) is 0 Å². The first-order valence-electron chi connectivity index (χ1n) is 15.8. The van der Waals surface area contributed by atoms with E-state index in [1.165, 1.54) is 0 Å². The molecule has 2 heterocycles. The van der Waals surface area contributed by atoms with Gasteiger partial charge in [-0.1, -0.05) is 37.3 Å². The molecule has 3 N–H and O–H groups in total. The summed E-state index contributed by atoms with van der Waals surface area (Å²) in [4.78, 5) is 28.5. The van der Waals surface area contributed by atoms with Gasteiger partial charge in [0, 0.05) is 18.9 Å². The number of aliphatic hydroxyl groups is 3. The summed E-state index contributed by atoms with van der Waals surface area (Å²) in [5.74, 6) is -1.74. The summed E-state index contributed by atoms with van der Waals surface area (Å²) in [5.41, 5.74) is 0.877. The van der Waals surface area contributed by atoms with Crippen LogP contribution in [0.15, 0.2) is 36.0 Å². The van der Waals surface area contributed by atoms with E-state index in [1.807, 2.05) is 44.2 Å². The lowest BCUT2D eigenvalue weighted by atomic mass is 9.84. The summed E-state index contributed by atoms with van der Waals surface area (Å²) in [7, 11) is 0. The van der Waals surface area contributed by atoms with Crippen LogP contribution in [0.1, 0.15) is 104 Å². The second kappa shape index (κ2) is 16.6. The number of piperidine rings is 1. The molecule has 0 aromatic carbocycles. The van der Waals surface area contributed by atoms with Crippen molar-refractivity contribution >= 4 is 11.9 Å². The van der Waals surface area contributed by atoms with Crippen LogP contribution in [0.2, 0.25) is 0 Å². The number of nitrogens with zero attached hydrogens (tertiary/aromatic N) is 1. The number of allylic oxidation sites excluding steroid dienone is 4. The van der Waals surface area contributed by atoms with Crippen molar-refractivity contribution < 1.29 is 34.4 Å². The predicted molar refractivity (Wildman–Crippen MR) is 159 cm³/mol. The molecule has 4 unspecified atom stereocenters. The lowest BCUT2D eigenvalue weighted by molar-refractivity contribution is -0.255. The van der Waals surface area contributed by atoms with Gasteiger partial charge in [0.2, 0.25) is 5.91 Å². The van der Waals surface area contributed by atoms with Crippen LogP contribution in [0, 0.1) is 11.8 Å². The molecule has 1 amide bonds. The van der Waals surface area contributed by atoms with Gasteiger partial charge in [0.1, 0.15) is 12.1 Å². The SMILES string of the molecule is C\C(=C/C=C/C=C/CC(CCC1CCC(O)CC1)OC(=O)C1CCCCN1C(=O)CC1(O)OCCCC1C)[C@H](C)O. The molecule has 3 fully saturated rings. The number of likely N-dealkylation sites (tertiary alicyclic amines) is 1. The molecule has 8 nitrogen and oxygen atoms in total. The van der Waals surface area contributed by atoms with Crippen LogP contribution >= 0.6 is 0 Å². The molecule has 41 heavy (non-hydrogen) atoms. The first-order valence-corrected chi connectivity index (χ1v) is 15.8. The molecule has 3 aliphatic rings. The number of hydrogen-bond donors (Lipinski definition) is 3. The minimum atomic E-state index is -1.49. The monoisotopic (exact) mass is 575 g/mol. The maximum atomic E-state index is 13.5.